The molecule has 0 fully saturated rings. The van der Waals surface area contributed by atoms with Gasteiger partial charge in [-0.25, -0.2) is 0 Å². The molecule has 2 radical (unpaired) electrons. The Labute approximate surface area is 81.5 Å². The second kappa shape index (κ2) is 55.7. The van der Waals surface area contributed by atoms with Gasteiger partial charge >= 0.3 is 27.3 Å². The van der Waals surface area contributed by atoms with E-state index in [9.17, 15) is 0 Å². The van der Waals surface area contributed by atoms with E-state index in [1.165, 1.54) is 0 Å². The second-order valence-corrected chi connectivity index (χ2v) is 0.192. The molecular weight excluding hydrogens is 354 g/mol. The van der Waals surface area contributed by atoms with Gasteiger partial charge in [0.25, 0.3) is 0 Å². The molecule has 6 heteroatoms. The molecular formula is CH5Cl3N2Pb. The molecule has 0 spiro atoms. The van der Waals surface area contributed by atoms with Gasteiger partial charge in [0, 0.05) is 0 Å². The van der Waals surface area contributed by atoms with Crippen LogP contribution in [0.1, 0.15) is 0 Å². The minimum atomic E-state index is 0. The van der Waals surface area contributed by atoms with Crippen LogP contribution in [0.3, 0.4) is 0 Å². The molecule has 4 N–H and O–H groups in total. The van der Waals surface area contributed by atoms with Crippen LogP contribution in [0.25, 0.3) is 0 Å². The zero-order valence-electron chi connectivity index (χ0n) is 3.37. The third-order valence-corrected chi connectivity index (χ3v) is 0. The van der Waals surface area contributed by atoms with E-state index < -0.39 is 0 Å². The van der Waals surface area contributed by atoms with E-state index in [0.29, 0.717) is 0 Å². The number of hydrogen-bond acceptors (Lipinski definition) is 0. The SMILES string of the molecule is NC=[NH2+].[Cl-].[Cl-].[Cl-].[Pb+2]. The Morgan fingerprint density at radius 3 is 1.14 bits per heavy atom. The summed E-state index contributed by atoms with van der Waals surface area (Å²) in [6.45, 7) is 0. The van der Waals surface area contributed by atoms with Gasteiger partial charge in [-0.05, 0) is 0 Å². The van der Waals surface area contributed by atoms with Crippen molar-refractivity contribution in [3.05, 3.63) is 0 Å². The first-order chi connectivity index (χ1) is 1.41. The molecule has 0 aromatic rings. The van der Waals surface area contributed by atoms with E-state index in [0.717, 1.165) is 6.34 Å². The zero-order chi connectivity index (χ0) is 2.71. The normalized spacial score (nSPS) is 1.71. The third-order valence-electron chi connectivity index (χ3n) is 0. The van der Waals surface area contributed by atoms with Crippen molar-refractivity contribution in [3.8, 4) is 0 Å². The molecule has 0 atom stereocenters. The van der Waals surface area contributed by atoms with Gasteiger partial charge < -0.3 is 37.2 Å². The van der Waals surface area contributed by atoms with Crippen molar-refractivity contribution < 1.29 is 42.6 Å². The first-order valence-corrected chi connectivity index (χ1v) is 0.667. The first-order valence-electron chi connectivity index (χ1n) is 0.667. The molecule has 0 aromatic heterocycles. The molecule has 44 valence electrons. The van der Waals surface area contributed by atoms with Gasteiger partial charge in [-0.15, -0.1) is 0 Å². The summed E-state index contributed by atoms with van der Waals surface area (Å²) in [4.78, 5) is 0. The maximum absolute atomic E-state index is 4.50. The van der Waals surface area contributed by atoms with Crippen LogP contribution in [-0.2, 0) is 0 Å². The van der Waals surface area contributed by atoms with Crippen LogP contribution in [0.15, 0.2) is 0 Å². The molecule has 2 nitrogen and oxygen atoms in total. The summed E-state index contributed by atoms with van der Waals surface area (Å²) in [6, 6.07) is 0. The van der Waals surface area contributed by atoms with Crippen LogP contribution < -0.4 is 48.4 Å². The summed E-state index contributed by atoms with van der Waals surface area (Å²) in [6.07, 6.45) is 1.00. The molecule has 0 rings (SSSR count). The molecule has 0 aliphatic heterocycles. The van der Waals surface area contributed by atoms with Gasteiger partial charge in [-0.1, -0.05) is 0 Å². The predicted molar refractivity (Wildman–Crippen MR) is 17.9 cm³/mol. The quantitative estimate of drug-likeness (QED) is 0.252. The van der Waals surface area contributed by atoms with Crippen molar-refractivity contribution in [1.82, 2.24) is 0 Å². The van der Waals surface area contributed by atoms with Crippen LogP contribution in [0.2, 0.25) is 0 Å². The second-order valence-electron chi connectivity index (χ2n) is 0.192. The Morgan fingerprint density at radius 2 is 1.14 bits per heavy atom. The average Bonchev–Trinajstić information content (AvgIpc) is 0.918. The summed E-state index contributed by atoms with van der Waals surface area (Å²) in [5.74, 6) is 0. The van der Waals surface area contributed by atoms with Crippen LogP contribution in [0.4, 0.5) is 0 Å². The molecule has 0 bridgehead atoms. The Morgan fingerprint density at radius 1 is 1.14 bits per heavy atom. The Kier molecular flexibility index (Phi) is 326. The number of hydrogen-bond donors (Lipinski definition) is 2. The van der Waals surface area contributed by atoms with Crippen molar-refractivity contribution in [3.63, 3.8) is 0 Å². The smallest absolute Gasteiger partial charge is 1.00 e. The van der Waals surface area contributed by atoms with E-state index in [4.69, 9.17) is 0 Å². The summed E-state index contributed by atoms with van der Waals surface area (Å²) in [5.41, 5.74) is 4.50. The van der Waals surface area contributed by atoms with E-state index >= 15 is 0 Å². The molecule has 7 heavy (non-hydrogen) atoms. The third kappa shape index (κ3) is 126. The van der Waals surface area contributed by atoms with Gasteiger partial charge in [-0.3, -0.25) is 11.1 Å². The summed E-state index contributed by atoms with van der Waals surface area (Å²) in [7, 11) is 0. The predicted octanol–water partition coefficient (Wildman–Crippen LogP) is -11.6. The van der Waals surface area contributed by atoms with Crippen molar-refractivity contribution in [2.45, 2.75) is 0 Å². The monoisotopic (exact) mass is 358 g/mol. The van der Waals surface area contributed by atoms with E-state index in [1.54, 1.807) is 0 Å². The molecule has 0 saturated carbocycles. The minimum Gasteiger partial charge on any atom is -1.00 e. The standard InChI is InChI=1S/CH4N2.3ClH.Pb/c2-1-3;;;;/h1H,(H3,2,3);3*1H;/q;;;;+2/p-2. The Bertz CT molecular complexity index is 20.4. The fraction of sp³-hybridized carbons (Fsp3) is 0. The molecule has 0 saturated heterocycles. The van der Waals surface area contributed by atoms with Crippen LogP contribution >= 0.6 is 0 Å². The molecule has 0 heterocycles. The zero-order valence-corrected chi connectivity index (χ0v) is 9.52. The molecule has 0 aliphatic rings. The van der Waals surface area contributed by atoms with Gasteiger partial charge in [0.2, 0.25) is 6.34 Å². The Hall–Kier alpha value is 1.26. The van der Waals surface area contributed by atoms with Crippen LogP contribution in [0.5, 0.6) is 0 Å². The average molecular weight is 359 g/mol. The number of nitrogens with two attached hydrogens (primary N) is 2. The van der Waals surface area contributed by atoms with Crippen LogP contribution in [0, 0.1) is 0 Å². The number of rotatable bonds is 0. The molecule has 0 aliphatic carbocycles. The maximum atomic E-state index is 4.50. The molecule has 0 aromatic carbocycles. The first kappa shape index (κ1) is 40.9. The summed E-state index contributed by atoms with van der Waals surface area (Å²) in [5, 5.41) is 4.50. The van der Waals surface area contributed by atoms with Gasteiger partial charge in [0.1, 0.15) is 0 Å². The fourth-order valence-electron chi connectivity index (χ4n) is 0. The van der Waals surface area contributed by atoms with Crippen molar-refractivity contribution in [1.29, 1.82) is 0 Å². The van der Waals surface area contributed by atoms with Gasteiger partial charge in [-0.2, -0.15) is 0 Å². The Balaban J connectivity index is -0.00000000333. The van der Waals surface area contributed by atoms with E-state index in [2.05, 4.69) is 11.1 Å². The van der Waals surface area contributed by atoms with Crippen molar-refractivity contribution in [2.75, 3.05) is 0 Å². The largest absolute Gasteiger partial charge is 2.00 e. The number of halogens is 3. The van der Waals surface area contributed by atoms with Crippen LogP contribution in [-0.4, -0.2) is 33.6 Å². The van der Waals surface area contributed by atoms with E-state index in [1.807, 2.05) is 0 Å². The van der Waals surface area contributed by atoms with Gasteiger partial charge in [0.15, 0.2) is 0 Å². The fourth-order valence-corrected chi connectivity index (χ4v) is 0. The minimum absolute atomic E-state index is 0. The summed E-state index contributed by atoms with van der Waals surface area (Å²) < 4.78 is 0. The van der Waals surface area contributed by atoms with E-state index in [-0.39, 0.29) is 64.5 Å². The van der Waals surface area contributed by atoms with Crippen molar-refractivity contribution >= 4 is 33.6 Å². The topological polar surface area (TPSA) is 51.6 Å². The molecule has 0 unspecified atom stereocenters. The van der Waals surface area contributed by atoms with Crippen molar-refractivity contribution in [2.24, 2.45) is 5.73 Å². The molecule has 0 amide bonds. The summed E-state index contributed by atoms with van der Waals surface area (Å²) >= 11 is 0. The van der Waals surface area contributed by atoms with Gasteiger partial charge in [0.05, 0.1) is 0 Å². The maximum Gasteiger partial charge on any atom is 2.00 e.